The van der Waals surface area contributed by atoms with Crippen LogP contribution in [0.25, 0.3) is 0 Å². The number of nitrogens with one attached hydrogen (secondary N) is 1. The van der Waals surface area contributed by atoms with Crippen LogP contribution in [0.2, 0.25) is 0 Å². The molecule has 5 heteroatoms. The van der Waals surface area contributed by atoms with E-state index in [4.69, 9.17) is 10.5 Å². The summed E-state index contributed by atoms with van der Waals surface area (Å²) < 4.78 is 5.22. The van der Waals surface area contributed by atoms with E-state index in [2.05, 4.69) is 10.3 Å². The van der Waals surface area contributed by atoms with Crippen LogP contribution in [0, 0.1) is 0 Å². The van der Waals surface area contributed by atoms with Gasteiger partial charge in [-0.2, -0.15) is 0 Å². The van der Waals surface area contributed by atoms with Gasteiger partial charge in [-0.05, 0) is 25.5 Å². The van der Waals surface area contributed by atoms with Crippen LogP contribution < -0.4 is 11.1 Å². The van der Waals surface area contributed by atoms with Crippen molar-refractivity contribution in [3.05, 3.63) is 23.4 Å². The Kier molecular flexibility index (Phi) is 5.95. The highest BCUT2D eigenvalue weighted by Gasteiger charge is 2.18. The SMILES string of the molecule is CCOCCCNC(=O)c1cc(N)nc(C(C)(C)C)c1. The highest BCUT2D eigenvalue weighted by molar-refractivity contribution is 5.94. The smallest absolute Gasteiger partial charge is 0.251 e. The van der Waals surface area contributed by atoms with E-state index in [1.54, 1.807) is 12.1 Å². The Labute approximate surface area is 120 Å². The van der Waals surface area contributed by atoms with Gasteiger partial charge in [-0.15, -0.1) is 0 Å². The number of nitrogens with two attached hydrogens (primary N) is 1. The molecule has 3 N–H and O–H groups in total. The Balaban J connectivity index is 2.66. The molecule has 0 spiro atoms. The Hall–Kier alpha value is -1.62. The molecule has 0 saturated heterocycles. The van der Waals surface area contributed by atoms with Gasteiger partial charge in [0.2, 0.25) is 0 Å². The van der Waals surface area contributed by atoms with Crippen molar-refractivity contribution in [3.63, 3.8) is 0 Å². The molecule has 1 amide bonds. The van der Waals surface area contributed by atoms with Crippen LogP contribution in [0.3, 0.4) is 0 Å². The van der Waals surface area contributed by atoms with Gasteiger partial charge in [0.1, 0.15) is 5.82 Å². The second-order valence-electron chi connectivity index (χ2n) is 5.72. The summed E-state index contributed by atoms with van der Waals surface area (Å²) in [5.41, 5.74) is 7.01. The third-order valence-electron chi connectivity index (χ3n) is 2.83. The van der Waals surface area contributed by atoms with Crippen molar-refractivity contribution in [2.24, 2.45) is 0 Å². The van der Waals surface area contributed by atoms with Crippen molar-refractivity contribution >= 4 is 11.7 Å². The lowest BCUT2D eigenvalue weighted by Gasteiger charge is -2.19. The average molecular weight is 279 g/mol. The molecule has 0 unspecified atom stereocenters. The number of nitrogen functional groups attached to an aromatic ring is 1. The van der Waals surface area contributed by atoms with Crippen LogP contribution in [-0.4, -0.2) is 30.6 Å². The standard InChI is InChI=1S/C15H25N3O2/c1-5-20-8-6-7-17-14(19)11-9-12(15(2,3)4)18-13(16)10-11/h9-10H,5-8H2,1-4H3,(H2,16,18)(H,17,19). The normalized spacial score (nSPS) is 11.4. The molecule has 0 radical (unpaired) electrons. The fraction of sp³-hybridized carbons (Fsp3) is 0.600. The number of hydrogen-bond donors (Lipinski definition) is 2. The van der Waals surface area contributed by atoms with Crippen molar-refractivity contribution in [1.29, 1.82) is 0 Å². The van der Waals surface area contributed by atoms with E-state index in [0.717, 1.165) is 12.1 Å². The number of hydrogen-bond acceptors (Lipinski definition) is 4. The lowest BCUT2D eigenvalue weighted by Crippen LogP contribution is -2.26. The molecule has 1 aromatic rings. The van der Waals surface area contributed by atoms with E-state index >= 15 is 0 Å². The van der Waals surface area contributed by atoms with Crippen molar-refractivity contribution in [3.8, 4) is 0 Å². The zero-order valence-corrected chi connectivity index (χ0v) is 12.8. The second kappa shape index (κ2) is 7.24. The summed E-state index contributed by atoms with van der Waals surface area (Å²) in [6, 6.07) is 3.40. The molecule has 0 saturated carbocycles. The van der Waals surface area contributed by atoms with Crippen LogP contribution in [0.15, 0.2) is 12.1 Å². The molecule has 0 aliphatic rings. The first kappa shape index (κ1) is 16.4. The molecule has 1 heterocycles. The molecular weight excluding hydrogens is 254 g/mol. The number of pyridine rings is 1. The van der Waals surface area contributed by atoms with Crippen LogP contribution in [0.5, 0.6) is 0 Å². The van der Waals surface area contributed by atoms with Gasteiger partial charge in [0.25, 0.3) is 5.91 Å². The third kappa shape index (κ3) is 5.17. The molecular formula is C15H25N3O2. The number of rotatable bonds is 6. The first-order valence-electron chi connectivity index (χ1n) is 6.98. The number of anilines is 1. The van der Waals surface area contributed by atoms with Crippen LogP contribution >= 0.6 is 0 Å². The zero-order chi connectivity index (χ0) is 15.2. The van der Waals surface area contributed by atoms with Crippen molar-refractivity contribution in [1.82, 2.24) is 10.3 Å². The maximum atomic E-state index is 12.1. The molecule has 112 valence electrons. The number of aromatic nitrogens is 1. The molecule has 0 aliphatic heterocycles. The summed E-state index contributed by atoms with van der Waals surface area (Å²) in [5.74, 6) is 0.248. The first-order chi connectivity index (χ1) is 9.34. The number of carbonyl (C=O) groups is 1. The van der Waals surface area contributed by atoms with Gasteiger partial charge in [0, 0.05) is 36.4 Å². The van der Waals surface area contributed by atoms with Crippen LogP contribution in [0.1, 0.15) is 50.2 Å². The Morgan fingerprint density at radius 3 is 2.70 bits per heavy atom. The fourth-order valence-electron chi connectivity index (χ4n) is 1.69. The summed E-state index contributed by atoms with van der Waals surface area (Å²) in [4.78, 5) is 16.4. The van der Waals surface area contributed by atoms with Gasteiger partial charge in [0.05, 0.1) is 0 Å². The van der Waals surface area contributed by atoms with Crippen molar-refractivity contribution in [2.75, 3.05) is 25.5 Å². The van der Waals surface area contributed by atoms with E-state index in [0.29, 0.717) is 31.1 Å². The zero-order valence-electron chi connectivity index (χ0n) is 12.8. The van der Waals surface area contributed by atoms with Crippen molar-refractivity contribution in [2.45, 2.75) is 39.5 Å². The van der Waals surface area contributed by atoms with Gasteiger partial charge in [-0.25, -0.2) is 4.98 Å². The highest BCUT2D eigenvalue weighted by atomic mass is 16.5. The van der Waals surface area contributed by atoms with E-state index in [9.17, 15) is 4.79 Å². The average Bonchev–Trinajstić information content (AvgIpc) is 2.36. The van der Waals surface area contributed by atoms with E-state index in [-0.39, 0.29) is 11.3 Å². The topological polar surface area (TPSA) is 77.2 Å². The van der Waals surface area contributed by atoms with Gasteiger partial charge >= 0.3 is 0 Å². The molecule has 0 aromatic carbocycles. The predicted octanol–water partition coefficient (Wildman–Crippen LogP) is 2.12. The van der Waals surface area contributed by atoms with Crippen LogP contribution in [0.4, 0.5) is 5.82 Å². The molecule has 1 rings (SSSR count). The quantitative estimate of drug-likeness (QED) is 0.782. The summed E-state index contributed by atoms with van der Waals surface area (Å²) in [7, 11) is 0. The Bertz CT molecular complexity index is 453. The summed E-state index contributed by atoms with van der Waals surface area (Å²) in [5, 5.41) is 2.86. The van der Waals surface area contributed by atoms with Gasteiger partial charge in [-0.1, -0.05) is 20.8 Å². The van der Waals surface area contributed by atoms with E-state index in [1.165, 1.54) is 0 Å². The lowest BCUT2D eigenvalue weighted by molar-refractivity contribution is 0.0944. The van der Waals surface area contributed by atoms with Gasteiger partial charge < -0.3 is 15.8 Å². The minimum Gasteiger partial charge on any atom is -0.384 e. The maximum Gasteiger partial charge on any atom is 0.251 e. The summed E-state index contributed by atoms with van der Waals surface area (Å²) in [6.07, 6.45) is 0.798. The number of carbonyl (C=O) groups excluding carboxylic acids is 1. The first-order valence-corrected chi connectivity index (χ1v) is 6.98. The predicted molar refractivity (Wildman–Crippen MR) is 80.8 cm³/mol. The minimum absolute atomic E-state index is 0.124. The highest BCUT2D eigenvalue weighted by Crippen LogP contribution is 2.22. The minimum atomic E-state index is -0.140. The number of nitrogens with zero attached hydrogens (tertiary/aromatic N) is 1. The molecule has 5 nitrogen and oxygen atoms in total. The monoisotopic (exact) mass is 279 g/mol. The summed E-state index contributed by atoms with van der Waals surface area (Å²) >= 11 is 0. The van der Waals surface area contributed by atoms with Gasteiger partial charge in [0.15, 0.2) is 0 Å². The van der Waals surface area contributed by atoms with Gasteiger partial charge in [-0.3, -0.25) is 4.79 Å². The molecule has 1 aromatic heterocycles. The third-order valence-corrected chi connectivity index (χ3v) is 2.83. The molecule has 0 bridgehead atoms. The molecule has 0 aliphatic carbocycles. The molecule has 0 fully saturated rings. The lowest BCUT2D eigenvalue weighted by atomic mass is 9.90. The fourth-order valence-corrected chi connectivity index (χ4v) is 1.69. The summed E-state index contributed by atoms with van der Waals surface area (Å²) in [6.45, 7) is 10.0. The van der Waals surface area contributed by atoms with Crippen molar-refractivity contribution < 1.29 is 9.53 Å². The van der Waals surface area contributed by atoms with Crippen LogP contribution in [-0.2, 0) is 10.2 Å². The molecule has 0 atom stereocenters. The second-order valence-corrected chi connectivity index (χ2v) is 5.72. The maximum absolute atomic E-state index is 12.1. The Morgan fingerprint density at radius 1 is 1.40 bits per heavy atom. The Morgan fingerprint density at radius 2 is 2.10 bits per heavy atom. The number of amides is 1. The largest absolute Gasteiger partial charge is 0.384 e. The van der Waals surface area contributed by atoms with E-state index < -0.39 is 0 Å². The van der Waals surface area contributed by atoms with E-state index in [1.807, 2.05) is 27.7 Å². The number of ether oxygens (including phenoxy) is 1. The molecule has 20 heavy (non-hydrogen) atoms.